The first-order chi connectivity index (χ1) is 11.4. The summed E-state index contributed by atoms with van der Waals surface area (Å²) in [5.74, 6) is -1.49. The number of hydrazine groups is 1. The van der Waals surface area contributed by atoms with Crippen LogP contribution in [0.2, 0.25) is 0 Å². The molecule has 0 spiro atoms. The molecule has 1 atom stereocenters. The summed E-state index contributed by atoms with van der Waals surface area (Å²) in [7, 11) is 0. The van der Waals surface area contributed by atoms with Crippen molar-refractivity contribution >= 4 is 11.8 Å². The smallest absolute Gasteiger partial charge is 0.279 e. The molecule has 7 heteroatoms. The Hall–Kier alpha value is -2.96. The van der Waals surface area contributed by atoms with Crippen molar-refractivity contribution in [3.05, 3.63) is 65.7 Å². The Morgan fingerprint density at radius 1 is 0.958 bits per heavy atom. The van der Waals surface area contributed by atoms with Gasteiger partial charge in [0, 0.05) is 0 Å². The fourth-order valence-corrected chi connectivity index (χ4v) is 1.84. The zero-order valence-corrected chi connectivity index (χ0v) is 12.9. The summed E-state index contributed by atoms with van der Waals surface area (Å²) in [4.78, 5) is 23.6. The standard InChI is InChI=1S/C17H16F2N2O3/c1-11(24-15-8-6-14(19)7-9-15)17(23)21-20-16(22)10-12-2-4-13(18)5-3-12/h2-9,11H,10H2,1H3,(H,20,22)(H,21,23). The Morgan fingerprint density at radius 2 is 1.50 bits per heavy atom. The van der Waals surface area contributed by atoms with E-state index in [9.17, 15) is 18.4 Å². The van der Waals surface area contributed by atoms with E-state index < -0.39 is 23.7 Å². The lowest BCUT2D eigenvalue weighted by molar-refractivity contribution is -0.132. The van der Waals surface area contributed by atoms with Gasteiger partial charge in [0.25, 0.3) is 5.91 Å². The summed E-state index contributed by atoms with van der Waals surface area (Å²) in [6.07, 6.45) is -0.894. The SMILES string of the molecule is CC(Oc1ccc(F)cc1)C(=O)NNC(=O)Cc1ccc(F)cc1. The van der Waals surface area contributed by atoms with Gasteiger partial charge in [0.1, 0.15) is 17.4 Å². The number of hydrogen-bond acceptors (Lipinski definition) is 3. The van der Waals surface area contributed by atoms with Crippen molar-refractivity contribution in [2.45, 2.75) is 19.4 Å². The number of rotatable bonds is 5. The summed E-state index contributed by atoms with van der Waals surface area (Å²) in [5.41, 5.74) is 5.09. The van der Waals surface area contributed by atoms with Gasteiger partial charge in [-0.3, -0.25) is 20.4 Å². The monoisotopic (exact) mass is 334 g/mol. The molecule has 5 nitrogen and oxygen atoms in total. The van der Waals surface area contributed by atoms with Crippen LogP contribution in [-0.2, 0) is 16.0 Å². The van der Waals surface area contributed by atoms with E-state index in [0.29, 0.717) is 11.3 Å². The zero-order chi connectivity index (χ0) is 17.5. The zero-order valence-electron chi connectivity index (χ0n) is 12.9. The van der Waals surface area contributed by atoms with Crippen LogP contribution in [0.25, 0.3) is 0 Å². The summed E-state index contributed by atoms with van der Waals surface area (Å²) >= 11 is 0. The maximum Gasteiger partial charge on any atom is 0.279 e. The third-order valence-electron chi connectivity index (χ3n) is 3.10. The topological polar surface area (TPSA) is 67.4 Å². The minimum Gasteiger partial charge on any atom is -0.481 e. The summed E-state index contributed by atoms with van der Waals surface area (Å²) in [5, 5.41) is 0. The first-order valence-corrected chi connectivity index (χ1v) is 7.19. The second kappa shape index (κ2) is 8.05. The normalized spacial score (nSPS) is 11.5. The number of ether oxygens (including phenoxy) is 1. The summed E-state index contributed by atoms with van der Waals surface area (Å²) in [6.45, 7) is 1.49. The lowest BCUT2D eigenvalue weighted by atomic mass is 10.1. The number of nitrogens with one attached hydrogen (secondary N) is 2. The molecule has 0 aliphatic carbocycles. The highest BCUT2D eigenvalue weighted by Gasteiger charge is 2.15. The van der Waals surface area contributed by atoms with Crippen molar-refractivity contribution < 1.29 is 23.1 Å². The third-order valence-corrected chi connectivity index (χ3v) is 3.10. The van der Waals surface area contributed by atoms with E-state index in [2.05, 4.69) is 10.9 Å². The highest BCUT2D eigenvalue weighted by atomic mass is 19.1. The molecular formula is C17H16F2N2O3. The second-order valence-corrected chi connectivity index (χ2v) is 5.05. The molecule has 0 fully saturated rings. The number of benzene rings is 2. The van der Waals surface area contributed by atoms with Crippen LogP contribution in [0.15, 0.2) is 48.5 Å². The van der Waals surface area contributed by atoms with Crippen molar-refractivity contribution in [2.75, 3.05) is 0 Å². The molecule has 0 saturated heterocycles. The van der Waals surface area contributed by atoms with Crippen molar-refractivity contribution in [2.24, 2.45) is 0 Å². The number of hydrogen-bond donors (Lipinski definition) is 2. The third kappa shape index (κ3) is 5.35. The van der Waals surface area contributed by atoms with Crippen LogP contribution in [0, 0.1) is 11.6 Å². The highest BCUT2D eigenvalue weighted by molar-refractivity contribution is 5.85. The number of halogens is 2. The molecule has 2 N–H and O–H groups in total. The predicted octanol–water partition coefficient (Wildman–Crippen LogP) is 2.12. The van der Waals surface area contributed by atoms with Crippen LogP contribution in [-0.4, -0.2) is 17.9 Å². The fourth-order valence-electron chi connectivity index (χ4n) is 1.84. The summed E-state index contributed by atoms with van der Waals surface area (Å²) in [6, 6.07) is 10.7. The van der Waals surface area contributed by atoms with E-state index in [1.165, 1.54) is 55.5 Å². The Kier molecular flexibility index (Phi) is 5.83. The van der Waals surface area contributed by atoms with Crippen LogP contribution in [0.5, 0.6) is 5.75 Å². The lowest BCUT2D eigenvalue weighted by Gasteiger charge is -2.15. The molecule has 2 aromatic carbocycles. The maximum absolute atomic E-state index is 12.8. The molecule has 0 aliphatic heterocycles. The van der Waals surface area contributed by atoms with Crippen molar-refractivity contribution in [3.63, 3.8) is 0 Å². The van der Waals surface area contributed by atoms with Gasteiger partial charge in [0.2, 0.25) is 5.91 Å². The molecule has 0 saturated carbocycles. The molecule has 0 heterocycles. The molecule has 0 aliphatic rings. The van der Waals surface area contributed by atoms with Crippen LogP contribution in [0.4, 0.5) is 8.78 Å². The molecule has 126 valence electrons. The Bertz CT molecular complexity index is 703. The molecule has 2 rings (SSSR count). The Morgan fingerprint density at radius 3 is 2.08 bits per heavy atom. The van der Waals surface area contributed by atoms with E-state index in [1.54, 1.807) is 0 Å². The Labute approximate surface area is 137 Å². The van der Waals surface area contributed by atoms with Crippen molar-refractivity contribution in [1.29, 1.82) is 0 Å². The first kappa shape index (κ1) is 17.4. The van der Waals surface area contributed by atoms with E-state index in [4.69, 9.17) is 4.74 Å². The quantitative estimate of drug-likeness (QED) is 0.823. The molecule has 24 heavy (non-hydrogen) atoms. The van der Waals surface area contributed by atoms with Gasteiger partial charge in [-0.05, 0) is 48.9 Å². The average Bonchev–Trinajstić information content (AvgIpc) is 2.57. The number of carbonyl (C=O) groups excluding carboxylic acids is 2. The average molecular weight is 334 g/mol. The molecular weight excluding hydrogens is 318 g/mol. The van der Waals surface area contributed by atoms with Gasteiger partial charge in [-0.1, -0.05) is 12.1 Å². The van der Waals surface area contributed by atoms with Crippen LogP contribution >= 0.6 is 0 Å². The number of carbonyl (C=O) groups is 2. The van der Waals surface area contributed by atoms with Gasteiger partial charge in [-0.25, -0.2) is 8.78 Å². The van der Waals surface area contributed by atoms with Gasteiger partial charge in [-0.15, -0.1) is 0 Å². The predicted molar refractivity (Wildman–Crippen MR) is 82.9 cm³/mol. The molecule has 2 aromatic rings. The Balaban J connectivity index is 1.77. The molecule has 0 aromatic heterocycles. The first-order valence-electron chi connectivity index (χ1n) is 7.19. The van der Waals surface area contributed by atoms with E-state index >= 15 is 0 Å². The second-order valence-electron chi connectivity index (χ2n) is 5.05. The highest BCUT2D eigenvalue weighted by Crippen LogP contribution is 2.12. The molecule has 0 radical (unpaired) electrons. The lowest BCUT2D eigenvalue weighted by Crippen LogP contribution is -2.47. The fraction of sp³-hybridized carbons (Fsp3) is 0.176. The molecule has 1 unspecified atom stereocenters. The summed E-state index contributed by atoms with van der Waals surface area (Å²) < 4.78 is 30.9. The minimum atomic E-state index is -0.887. The van der Waals surface area contributed by atoms with Gasteiger partial charge in [-0.2, -0.15) is 0 Å². The van der Waals surface area contributed by atoms with E-state index in [0.717, 1.165) is 0 Å². The van der Waals surface area contributed by atoms with Crippen molar-refractivity contribution in [1.82, 2.24) is 10.9 Å². The van der Waals surface area contributed by atoms with Crippen LogP contribution in [0.3, 0.4) is 0 Å². The van der Waals surface area contributed by atoms with E-state index in [1.807, 2.05) is 0 Å². The van der Waals surface area contributed by atoms with E-state index in [-0.39, 0.29) is 12.2 Å². The minimum absolute atomic E-state index is 0.00619. The maximum atomic E-state index is 12.8. The largest absolute Gasteiger partial charge is 0.481 e. The van der Waals surface area contributed by atoms with Gasteiger partial charge < -0.3 is 4.74 Å². The van der Waals surface area contributed by atoms with Gasteiger partial charge in [0.05, 0.1) is 6.42 Å². The molecule has 0 bridgehead atoms. The van der Waals surface area contributed by atoms with Crippen LogP contribution < -0.4 is 15.6 Å². The van der Waals surface area contributed by atoms with Crippen molar-refractivity contribution in [3.8, 4) is 5.75 Å². The number of amides is 2. The van der Waals surface area contributed by atoms with Gasteiger partial charge in [0.15, 0.2) is 6.10 Å². The van der Waals surface area contributed by atoms with Crippen LogP contribution in [0.1, 0.15) is 12.5 Å². The van der Waals surface area contributed by atoms with Gasteiger partial charge >= 0.3 is 0 Å². The molecule has 2 amide bonds.